The molecule has 0 aliphatic rings. The molecule has 0 amide bonds. The Morgan fingerprint density at radius 3 is 2.12 bits per heavy atom. The van der Waals surface area contributed by atoms with Crippen LogP contribution in [0.4, 0.5) is 5.82 Å². The van der Waals surface area contributed by atoms with Crippen molar-refractivity contribution < 1.29 is 34.8 Å². The van der Waals surface area contributed by atoms with Gasteiger partial charge < -0.3 is 24.8 Å². The van der Waals surface area contributed by atoms with E-state index in [9.17, 15) is 0 Å². The normalized spacial score (nSPS) is 8.50. The summed E-state index contributed by atoms with van der Waals surface area (Å²) in [7, 11) is 0. The molecule has 0 fully saturated rings. The van der Waals surface area contributed by atoms with Gasteiger partial charge in [-0.3, -0.25) is 5.32 Å². The minimum atomic E-state index is 0. The van der Waals surface area contributed by atoms with Crippen molar-refractivity contribution >= 4 is 5.82 Å². The summed E-state index contributed by atoms with van der Waals surface area (Å²) >= 11 is 0. The van der Waals surface area contributed by atoms with Crippen LogP contribution in [0.5, 0.6) is 0 Å². The van der Waals surface area contributed by atoms with E-state index in [1.54, 1.807) is 0 Å². The molecular formula is C11H13Cl2N3. The van der Waals surface area contributed by atoms with Gasteiger partial charge in [-0.1, -0.05) is 6.07 Å². The van der Waals surface area contributed by atoms with E-state index in [1.807, 2.05) is 42.7 Å². The maximum absolute atomic E-state index is 3.27. The van der Waals surface area contributed by atoms with Crippen LogP contribution >= 0.6 is 0 Å². The fourth-order valence-electron chi connectivity index (χ4n) is 1.23. The van der Waals surface area contributed by atoms with Crippen molar-refractivity contribution in [2.45, 2.75) is 6.54 Å². The molecule has 2 heterocycles. The maximum Gasteiger partial charge on any atom is 0.272 e. The summed E-state index contributed by atoms with van der Waals surface area (Å²) in [5.74, 6) is 1.02. The van der Waals surface area contributed by atoms with Crippen LogP contribution in [-0.2, 0) is 6.54 Å². The van der Waals surface area contributed by atoms with E-state index in [0.717, 1.165) is 18.1 Å². The summed E-state index contributed by atoms with van der Waals surface area (Å²) in [4.78, 5) is 6.28. The molecule has 3 N–H and O–H groups in total. The van der Waals surface area contributed by atoms with E-state index in [1.165, 1.54) is 0 Å². The molecule has 0 aliphatic carbocycles. The van der Waals surface area contributed by atoms with E-state index < -0.39 is 0 Å². The largest absolute Gasteiger partial charge is 1.00 e. The molecule has 0 unspecified atom stereocenters. The number of halogens is 2. The van der Waals surface area contributed by atoms with Gasteiger partial charge in [0.15, 0.2) is 12.7 Å². The minimum Gasteiger partial charge on any atom is -1.00 e. The van der Waals surface area contributed by atoms with Crippen molar-refractivity contribution in [2.24, 2.45) is 0 Å². The Labute approximate surface area is 107 Å². The van der Waals surface area contributed by atoms with Crippen LogP contribution in [0.1, 0.15) is 5.69 Å². The molecular weight excluding hydrogens is 245 g/mol. The third kappa shape index (κ3) is 4.47. The van der Waals surface area contributed by atoms with Gasteiger partial charge in [0.1, 0.15) is 0 Å². The number of rotatable bonds is 3. The highest BCUT2D eigenvalue weighted by Gasteiger charge is 2.03. The second-order valence-corrected chi connectivity index (χ2v) is 3.02. The first kappa shape index (κ1) is 14.7. The van der Waals surface area contributed by atoms with Crippen LogP contribution in [-0.4, -0.2) is 0 Å². The summed E-state index contributed by atoms with van der Waals surface area (Å²) < 4.78 is 0. The Kier molecular flexibility index (Phi) is 7.25. The van der Waals surface area contributed by atoms with Crippen LogP contribution in [0.25, 0.3) is 0 Å². The molecule has 2 aromatic heterocycles. The molecule has 2 rings (SSSR count). The first-order chi connectivity index (χ1) is 6.95. The smallest absolute Gasteiger partial charge is 0.272 e. The fourth-order valence-corrected chi connectivity index (χ4v) is 1.23. The molecule has 0 bridgehead atoms. The number of hydrogen-bond acceptors (Lipinski definition) is 1. The second kappa shape index (κ2) is 7.91. The van der Waals surface area contributed by atoms with Crippen LogP contribution in [0.15, 0.2) is 48.8 Å². The van der Waals surface area contributed by atoms with E-state index in [-0.39, 0.29) is 24.8 Å². The molecule has 0 saturated heterocycles. The zero-order valence-corrected chi connectivity index (χ0v) is 10.1. The number of nitrogens with one attached hydrogen (secondary N) is 3. The maximum atomic E-state index is 3.27. The summed E-state index contributed by atoms with van der Waals surface area (Å²) in [5, 5.41) is 3.27. The predicted octanol–water partition coefficient (Wildman–Crippen LogP) is -5.07. The lowest BCUT2D eigenvalue weighted by molar-refractivity contribution is -0.390. The topological polar surface area (TPSA) is 40.3 Å². The third-order valence-electron chi connectivity index (χ3n) is 1.95. The van der Waals surface area contributed by atoms with Gasteiger partial charge in [0, 0.05) is 18.2 Å². The summed E-state index contributed by atoms with van der Waals surface area (Å²) in [6.45, 7) is 0.793. The molecule has 3 nitrogen and oxygen atoms in total. The second-order valence-electron chi connectivity index (χ2n) is 3.02. The van der Waals surface area contributed by atoms with E-state index in [2.05, 4.69) is 21.4 Å². The zero-order valence-electron chi connectivity index (χ0n) is 8.58. The van der Waals surface area contributed by atoms with Crippen molar-refractivity contribution in [1.82, 2.24) is 0 Å². The molecule has 0 aliphatic heterocycles. The average molecular weight is 258 g/mol. The lowest BCUT2D eigenvalue weighted by atomic mass is 10.3. The standard InChI is InChI=1S/C11H11N3.2ClH/c1-3-7-12-10(5-1)9-14-11-6-2-4-8-13-11;;/h1-8H,9H2,(H,13,14);2*1H. The number of anilines is 1. The molecule has 0 aromatic carbocycles. The molecule has 0 saturated carbocycles. The van der Waals surface area contributed by atoms with Crippen LogP contribution in [0.3, 0.4) is 0 Å². The van der Waals surface area contributed by atoms with Crippen molar-refractivity contribution in [1.29, 1.82) is 0 Å². The first-order valence-electron chi connectivity index (χ1n) is 4.61. The number of H-pyrrole nitrogens is 2. The van der Waals surface area contributed by atoms with Gasteiger partial charge in [0.05, 0.1) is 6.20 Å². The lowest BCUT2D eigenvalue weighted by Crippen LogP contribution is -3.00. The summed E-state index contributed by atoms with van der Waals surface area (Å²) in [5.41, 5.74) is 1.16. The molecule has 2 aromatic rings. The quantitative estimate of drug-likeness (QED) is 0.588. The van der Waals surface area contributed by atoms with E-state index >= 15 is 0 Å². The third-order valence-corrected chi connectivity index (χ3v) is 1.95. The molecule has 5 heteroatoms. The van der Waals surface area contributed by atoms with Gasteiger partial charge in [0.2, 0.25) is 5.69 Å². The van der Waals surface area contributed by atoms with Gasteiger partial charge in [-0.15, -0.1) is 0 Å². The SMILES string of the molecule is [Cl-].[Cl-].c1ccc(CNc2cccc[nH+]2)[nH+]c1. The zero-order chi connectivity index (χ0) is 9.64. The molecule has 0 radical (unpaired) electrons. The summed E-state index contributed by atoms with van der Waals surface area (Å²) in [6, 6.07) is 12.0. The van der Waals surface area contributed by atoms with Crippen LogP contribution in [0, 0.1) is 0 Å². The minimum absolute atomic E-state index is 0. The van der Waals surface area contributed by atoms with E-state index in [0.29, 0.717) is 0 Å². The highest BCUT2D eigenvalue weighted by Crippen LogP contribution is 1.97. The fraction of sp³-hybridized carbons (Fsp3) is 0.0909. The Hall–Kier alpha value is -1.32. The lowest BCUT2D eigenvalue weighted by Gasteiger charge is -1.93. The number of aromatic amines is 2. The van der Waals surface area contributed by atoms with Crippen molar-refractivity contribution in [3.05, 3.63) is 54.5 Å². The Bertz CT molecular complexity index is 341. The molecule has 0 spiro atoms. The number of hydrogen-bond donors (Lipinski definition) is 1. The van der Waals surface area contributed by atoms with Gasteiger partial charge in [-0.25, -0.2) is 9.97 Å². The van der Waals surface area contributed by atoms with Gasteiger partial charge in [0.25, 0.3) is 5.82 Å². The Balaban J connectivity index is 0.00000112. The number of pyridine rings is 2. The van der Waals surface area contributed by atoms with E-state index in [4.69, 9.17) is 0 Å². The average Bonchev–Trinajstić information content (AvgIpc) is 2.29. The van der Waals surface area contributed by atoms with Crippen molar-refractivity contribution in [2.75, 3.05) is 5.32 Å². The number of aromatic nitrogens is 2. The van der Waals surface area contributed by atoms with Gasteiger partial charge >= 0.3 is 0 Å². The van der Waals surface area contributed by atoms with Crippen molar-refractivity contribution in [3.8, 4) is 0 Å². The molecule has 16 heavy (non-hydrogen) atoms. The van der Waals surface area contributed by atoms with Gasteiger partial charge in [-0.2, -0.15) is 0 Å². The van der Waals surface area contributed by atoms with Crippen LogP contribution in [0.2, 0.25) is 0 Å². The first-order valence-corrected chi connectivity index (χ1v) is 4.61. The highest BCUT2D eigenvalue weighted by molar-refractivity contribution is 5.26. The molecule has 0 atom stereocenters. The predicted molar refractivity (Wildman–Crippen MR) is 53.3 cm³/mol. The molecule has 86 valence electrons. The summed E-state index contributed by atoms with van der Waals surface area (Å²) in [6.07, 6.45) is 3.82. The highest BCUT2D eigenvalue weighted by atomic mass is 35.5. The van der Waals surface area contributed by atoms with Gasteiger partial charge in [-0.05, 0) is 12.1 Å². The monoisotopic (exact) mass is 257 g/mol. The van der Waals surface area contributed by atoms with Crippen LogP contribution < -0.4 is 40.1 Å². The Morgan fingerprint density at radius 1 is 0.875 bits per heavy atom. The Morgan fingerprint density at radius 2 is 1.56 bits per heavy atom. The van der Waals surface area contributed by atoms with Crippen molar-refractivity contribution in [3.63, 3.8) is 0 Å².